The smallest absolute Gasteiger partial charge is 0.159 e. The van der Waals surface area contributed by atoms with E-state index in [1.54, 1.807) is 12.1 Å². The van der Waals surface area contributed by atoms with Crippen molar-refractivity contribution in [3.05, 3.63) is 91.4 Å². The van der Waals surface area contributed by atoms with Crippen LogP contribution in [0.25, 0.3) is 0 Å². The zero-order chi connectivity index (χ0) is 24.8. The Bertz CT molecular complexity index is 1180. The molecular weight excluding hydrogens is 564 g/mol. The normalized spacial score (nSPS) is 12.3. The molecule has 0 atom stereocenters. The summed E-state index contributed by atoms with van der Waals surface area (Å²) in [5.74, 6) is -0.172. The summed E-state index contributed by atoms with van der Waals surface area (Å²) in [5.41, 5.74) is 14.7. The van der Waals surface area contributed by atoms with Gasteiger partial charge >= 0.3 is 0 Å². The first kappa shape index (κ1) is 26.9. The largest absolute Gasteiger partial charge is 0.378 e. The molecule has 0 bridgehead atoms. The van der Waals surface area contributed by atoms with Gasteiger partial charge in [-0.1, -0.05) is 69.9 Å². The van der Waals surface area contributed by atoms with Crippen molar-refractivity contribution in [3.63, 3.8) is 0 Å². The van der Waals surface area contributed by atoms with E-state index in [4.69, 9.17) is 57.9 Å². The van der Waals surface area contributed by atoms with Crippen LogP contribution in [-0.2, 0) is 11.5 Å². The summed E-state index contributed by atoms with van der Waals surface area (Å²) in [7, 11) is 0. The number of thioether (sulfide) groups is 2. The van der Waals surface area contributed by atoms with Gasteiger partial charge in [0.25, 0.3) is 0 Å². The SMILES string of the molecule is NC(=Nc1ccc(F)c(Cl)c1)SCc1cc(Cl)c(Cl)cc1CSC(N)=Nc1ccc(F)c(Cl)c1. The molecule has 0 amide bonds. The molecule has 0 saturated carbocycles. The number of hydrogen-bond donors (Lipinski definition) is 2. The lowest BCUT2D eigenvalue weighted by atomic mass is 10.1. The number of benzene rings is 3. The van der Waals surface area contributed by atoms with Crippen molar-refractivity contribution in [2.75, 3.05) is 0 Å². The molecule has 0 unspecified atom stereocenters. The Morgan fingerprint density at radius 1 is 0.647 bits per heavy atom. The summed E-state index contributed by atoms with van der Waals surface area (Å²) in [6.45, 7) is 0. The zero-order valence-corrected chi connectivity index (χ0v) is 21.8. The van der Waals surface area contributed by atoms with Crippen molar-refractivity contribution in [2.24, 2.45) is 21.5 Å². The molecule has 3 aromatic rings. The van der Waals surface area contributed by atoms with Crippen LogP contribution in [0.15, 0.2) is 58.5 Å². The second-order valence-corrected chi connectivity index (χ2v) is 10.3. The van der Waals surface area contributed by atoms with Gasteiger partial charge in [-0.15, -0.1) is 0 Å². The van der Waals surface area contributed by atoms with Crippen LogP contribution in [-0.4, -0.2) is 10.3 Å². The lowest BCUT2D eigenvalue weighted by molar-refractivity contribution is 0.628. The average molecular weight is 580 g/mol. The molecule has 178 valence electrons. The fourth-order valence-corrected chi connectivity index (χ4v) is 4.84. The van der Waals surface area contributed by atoms with Crippen molar-refractivity contribution in [3.8, 4) is 0 Å². The maximum atomic E-state index is 13.3. The summed E-state index contributed by atoms with van der Waals surface area (Å²) < 4.78 is 26.7. The third-order valence-electron chi connectivity index (χ3n) is 4.28. The molecule has 0 saturated heterocycles. The van der Waals surface area contributed by atoms with Gasteiger partial charge in [-0.25, -0.2) is 18.8 Å². The molecule has 0 fully saturated rings. The Kier molecular flexibility index (Phi) is 9.76. The number of halogens is 6. The second kappa shape index (κ2) is 12.3. The molecule has 3 rings (SSSR count). The van der Waals surface area contributed by atoms with Gasteiger partial charge in [0.2, 0.25) is 0 Å². The lowest BCUT2D eigenvalue weighted by Crippen LogP contribution is -2.08. The number of hydrogen-bond acceptors (Lipinski definition) is 4. The molecule has 0 spiro atoms. The fraction of sp³-hybridized carbons (Fsp3) is 0.0909. The Morgan fingerprint density at radius 2 is 1.03 bits per heavy atom. The van der Waals surface area contributed by atoms with E-state index in [-0.39, 0.29) is 20.4 Å². The molecule has 34 heavy (non-hydrogen) atoms. The molecule has 4 N–H and O–H groups in total. The predicted octanol–water partition coefficient (Wildman–Crippen LogP) is 8.34. The van der Waals surface area contributed by atoms with Crippen LogP contribution in [0.4, 0.5) is 20.2 Å². The van der Waals surface area contributed by atoms with Crippen LogP contribution in [0.5, 0.6) is 0 Å². The molecule has 0 aliphatic rings. The van der Waals surface area contributed by atoms with E-state index in [2.05, 4.69) is 9.98 Å². The highest BCUT2D eigenvalue weighted by Gasteiger charge is 2.11. The van der Waals surface area contributed by atoms with Gasteiger partial charge in [0, 0.05) is 11.5 Å². The zero-order valence-electron chi connectivity index (χ0n) is 17.2. The van der Waals surface area contributed by atoms with E-state index >= 15 is 0 Å². The minimum absolute atomic E-state index is 0.0370. The molecule has 0 aliphatic heterocycles. The van der Waals surface area contributed by atoms with E-state index in [1.165, 1.54) is 59.9 Å². The highest BCUT2D eigenvalue weighted by molar-refractivity contribution is 8.13. The van der Waals surface area contributed by atoms with Crippen molar-refractivity contribution in [2.45, 2.75) is 11.5 Å². The molecule has 0 aliphatic carbocycles. The molecule has 0 aromatic heterocycles. The molecule has 0 heterocycles. The lowest BCUT2D eigenvalue weighted by Gasteiger charge is -2.11. The van der Waals surface area contributed by atoms with E-state index in [0.29, 0.717) is 32.9 Å². The third kappa shape index (κ3) is 7.66. The number of nitrogens with two attached hydrogens (primary N) is 2. The van der Waals surface area contributed by atoms with E-state index in [0.717, 1.165) is 11.1 Å². The van der Waals surface area contributed by atoms with Gasteiger partial charge in [0.05, 0.1) is 31.5 Å². The number of nitrogens with zero attached hydrogens (tertiary/aromatic N) is 2. The minimum Gasteiger partial charge on any atom is -0.378 e. The number of amidine groups is 2. The summed E-state index contributed by atoms with van der Waals surface area (Å²) in [5, 5.41) is 1.25. The van der Waals surface area contributed by atoms with Crippen LogP contribution in [0, 0.1) is 11.6 Å². The molecule has 0 radical (unpaired) electrons. The van der Waals surface area contributed by atoms with Crippen LogP contribution >= 0.6 is 69.9 Å². The third-order valence-corrected chi connectivity index (χ3v) is 7.26. The Labute approximate surface area is 223 Å². The Morgan fingerprint density at radius 3 is 1.38 bits per heavy atom. The Balaban J connectivity index is 1.71. The monoisotopic (exact) mass is 578 g/mol. The first-order valence-corrected chi connectivity index (χ1v) is 12.9. The van der Waals surface area contributed by atoms with Gasteiger partial charge in [-0.2, -0.15) is 0 Å². The van der Waals surface area contributed by atoms with E-state index in [1.807, 2.05) is 0 Å². The first-order chi connectivity index (χ1) is 16.1. The highest BCUT2D eigenvalue weighted by atomic mass is 35.5. The summed E-state index contributed by atoms with van der Waals surface area (Å²) in [6.07, 6.45) is 0. The van der Waals surface area contributed by atoms with E-state index < -0.39 is 11.6 Å². The van der Waals surface area contributed by atoms with Gasteiger partial charge in [0.15, 0.2) is 10.3 Å². The van der Waals surface area contributed by atoms with Crippen LogP contribution in [0.1, 0.15) is 11.1 Å². The quantitative estimate of drug-likeness (QED) is 0.227. The second-order valence-electron chi connectivity index (χ2n) is 6.71. The summed E-state index contributed by atoms with van der Waals surface area (Å²) >= 11 is 26.5. The Hall–Kier alpha value is -1.68. The molecule has 4 nitrogen and oxygen atoms in total. The summed E-state index contributed by atoms with van der Waals surface area (Å²) in [6, 6.07) is 11.7. The van der Waals surface area contributed by atoms with Crippen LogP contribution in [0.3, 0.4) is 0 Å². The summed E-state index contributed by atoms with van der Waals surface area (Å²) in [4.78, 5) is 8.49. The van der Waals surface area contributed by atoms with Gasteiger partial charge in [-0.05, 0) is 59.7 Å². The molecule has 3 aromatic carbocycles. The first-order valence-electron chi connectivity index (χ1n) is 9.43. The maximum absolute atomic E-state index is 13.3. The van der Waals surface area contributed by atoms with Gasteiger partial charge in [-0.3, -0.25) is 0 Å². The van der Waals surface area contributed by atoms with Crippen molar-refractivity contribution in [1.29, 1.82) is 0 Å². The predicted molar refractivity (Wildman–Crippen MR) is 144 cm³/mol. The minimum atomic E-state index is -0.532. The standard InChI is InChI=1S/C22H16Cl4F2N4S2/c23-15-5-11(9-33-21(29)31-13-1-3-19(27)17(25)7-13)12(6-16(15)24)10-34-22(30)32-14-2-4-20(28)18(26)8-14/h1-8H,9-10H2,(H2,29,31)(H2,30,32). The van der Waals surface area contributed by atoms with Gasteiger partial charge < -0.3 is 11.5 Å². The maximum Gasteiger partial charge on any atom is 0.159 e. The fourth-order valence-electron chi connectivity index (χ4n) is 2.63. The average Bonchev–Trinajstić information content (AvgIpc) is 2.78. The highest BCUT2D eigenvalue weighted by Crippen LogP contribution is 2.31. The van der Waals surface area contributed by atoms with Crippen LogP contribution < -0.4 is 11.5 Å². The number of rotatable bonds is 6. The molecule has 12 heteroatoms. The van der Waals surface area contributed by atoms with E-state index in [9.17, 15) is 8.78 Å². The van der Waals surface area contributed by atoms with Crippen LogP contribution in [0.2, 0.25) is 20.1 Å². The number of aliphatic imine (C=N–C) groups is 2. The van der Waals surface area contributed by atoms with Crippen molar-refractivity contribution in [1.82, 2.24) is 0 Å². The van der Waals surface area contributed by atoms with Crippen molar-refractivity contribution < 1.29 is 8.78 Å². The topological polar surface area (TPSA) is 76.8 Å². The van der Waals surface area contributed by atoms with Crippen molar-refractivity contribution >= 4 is 91.6 Å². The van der Waals surface area contributed by atoms with Gasteiger partial charge in [0.1, 0.15) is 11.6 Å². The molecular formula is C22H16Cl4F2N4S2.